The van der Waals surface area contributed by atoms with Gasteiger partial charge in [-0.1, -0.05) is 11.6 Å². The molecule has 176 valence electrons. The van der Waals surface area contributed by atoms with E-state index < -0.39 is 17.6 Å². The summed E-state index contributed by atoms with van der Waals surface area (Å²) in [5.41, 5.74) is 2.08. The zero-order valence-electron chi connectivity index (χ0n) is 18.3. The molecular formula is C23H21ClFN5O4. The topological polar surface area (TPSA) is 107 Å². The van der Waals surface area contributed by atoms with Gasteiger partial charge in [0.1, 0.15) is 18.1 Å². The van der Waals surface area contributed by atoms with Crippen molar-refractivity contribution < 1.29 is 23.5 Å². The van der Waals surface area contributed by atoms with Crippen LogP contribution in [0.15, 0.2) is 42.9 Å². The van der Waals surface area contributed by atoms with Crippen LogP contribution in [-0.4, -0.2) is 60.1 Å². The van der Waals surface area contributed by atoms with E-state index in [4.69, 9.17) is 16.3 Å². The number of hydrogen-bond donors (Lipinski definition) is 1. The summed E-state index contributed by atoms with van der Waals surface area (Å²) < 4.78 is 23.5. The number of hydrogen-bond acceptors (Lipinski definition) is 9. The SMILES string of the molecule is COC(=O)CC(=O)c1cncc(-c2cnc(Nc3ccc(F)c(Cl)c3)nc2N2CCOCC2)c1. The number of carbonyl (C=O) groups is 2. The monoisotopic (exact) mass is 485 g/mol. The van der Waals surface area contributed by atoms with Gasteiger partial charge in [-0.3, -0.25) is 14.6 Å². The van der Waals surface area contributed by atoms with Crippen LogP contribution >= 0.6 is 11.6 Å². The lowest BCUT2D eigenvalue weighted by atomic mass is 10.0. The standard InChI is InChI=1S/C23H21ClFN5O4/c1-33-21(32)10-20(31)15-8-14(11-26-12-15)17-13-27-23(28-16-2-3-19(25)18(24)9-16)29-22(17)30-4-6-34-7-5-30/h2-3,8-9,11-13H,4-7,10H2,1H3,(H,27,28,29). The Morgan fingerprint density at radius 2 is 2.00 bits per heavy atom. The molecule has 0 amide bonds. The molecule has 1 fully saturated rings. The van der Waals surface area contributed by atoms with Gasteiger partial charge in [0.05, 0.1) is 25.3 Å². The van der Waals surface area contributed by atoms with Crippen molar-refractivity contribution in [2.75, 3.05) is 43.6 Å². The quantitative estimate of drug-likeness (QED) is 0.305. The second-order valence-electron chi connectivity index (χ2n) is 7.42. The van der Waals surface area contributed by atoms with Crippen LogP contribution in [0, 0.1) is 5.82 Å². The summed E-state index contributed by atoms with van der Waals surface area (Å²) in [5, 5.41) is 3.02. The molecule has 4 rings (SSSR count). The molecule has 0 radical (unpaired) electrons. The average Bonchev–Trinajstić information content (AvgIpc) is 2.86. The number of rotatable bonds is 7. The third-order valence-corrected chi connectivity index (χ3v) is 5.45. The second kappa shape index (κ2) is 10.5. The highest BCUT2D eigenvalue weighted by molar-refractivity contribution is 6.31. The first-order chi connectivity index (χ1) is 16.4. The molecule has 1 aliphatic rings. The molecule has 3 aromatic rings. The summed E-state index contributed by atoms with van der Waals surface area (Å²) in [6, 6.07) is 5.88. The number of methoxy groups -OCH3 is 1. The highest BCUT2D eigenvalue weighted by Crippen LogP contribution is 2.31. The highest BCUT2D eigenvalue weighted by Gasteiger charge is 2.21. The number of esters is 1. The van der Waals surface area contributed by atoms with E-state index in [2.05, 4.69) is 25.0 Å². The largest absolute Gasteiger partial charge is 0.469 e. The normalized spacial score (nSPS) is 13.4. The number of Topliss-reactive ketones (excluding diaryl/α,β-unsaturated/α-hetero) is 1. The van der Waals surface area contributed by atoms with Gasteiger partial charge in [0.15, 0.2) is 5.78 Å². The maximum atomic E-state index is 13.5. The Labute approximate surface area is 199 Å². The van der Waals surface area contributed by atoms with Gasteiger partial charge in [0.25, 0.3) is 0 Å². The molecule has 9 nitrogen and oxygen atoms in total. The number of benzene rings is 1. The van der Waals surface area contributed by atoms with Crippen molar-refractivity contribution in [1.29, 1.82) is 0 Å². The number of pyridine rings is 1. The van der Waals surface area contributed by atoms with E-state index in [9.17, 15) is 14.0 Å². The zero-order valence-corrected chi connectivity index (χ0v) is 19.0. The maximum Gasteiger partial charge on any atom is 0.313 e. The van der Waals surface area contributed by atoms with Gasteiger partial charge in [0, 0.05) is 54.1 Å². The molecule has 1 aliphatic heterocycles. The summed E-state index contributed by atoms with van der Waals surface area (Å²) in [5.74, 6) is -0.635. The minimum Gasteiger partial charge on any atom is -0.469 e. The third kappa shape index (κ3) is 5.46. The molecule has 0 bridgehead atoms. The molecule has 1 saturated heterocycles. The van der Waals surface area contributed by atoms with Crippen molar-refractivity contribution >= 4 is 40.8 Å². The molecule has 3 heterocycles. The number of ether oxygens (including phenoxy) is 2. The molecule has 0 unspecified atom stereocenters. The molecule has 0 saturated carbocycles. The molecule has 0 atom stereocenters. The Balaban J connectivity index is 1.69. The number of carbonyl (C=O) groups excluding carboxylic acids is 2. The van der Waals surface area contributed by atoms with E-state index in [-0.39, 0.29) is 17.0 Å². The van der Waals surface area contributed by atoms with E-state index in [1.165, 1.54) is 31.5 Å². The van der Waals surface area contributed by atoms with E-state index in [1.807, 2.05) is 4.90 Å². The minimum absolute atomic E-state index is 0.0189. The zero-order chi connectivity index (χ0) is 24.1. The van der Waals surface area contributed by atoms with Crippen LogP contribution in [0.3, 0.4) is 0 Å². The van der Waals surface area contributed by atoms with Gasteiger partial charge in [-0.15, -0.1) is 0 Å². The average molecular weight is 486 g/mol. The van der Waals surface area contributed by atoms with Gasteiger partial charge in [-0.05, 0) is 24.3 Å². The van der Waals surface area contributed by atoms with E-state index in [1.54, 1.807) is 18.5 Å². The Kier molecular flexibility index (Phi) is 7.29. The Hall–Kier alpha value is -3.63. The van der Waals surface area contributed by atoms with Crippen LogP contribution in [0.4, 0.5) is 21.8 Å². The lowest BCUT2D eigenvalue weighted by Crippen LogP contribution is -2.37. The van der Waals surface area contributed by atoms with Crippen molar-refractivity contribution in [3.05, 3.63) is 59.3 Å². The predicted octanol–water partition coefficient (Wildman–Crippen LogP) is 3.66. The Morgan fingerprint density at radius 3 is 2.74 bits per heavy atom. The summed E-state index contributed by atoms with van der Waals surface area (Å²) in [6.07, 6.45) is 4.25. The number of nitrogens with one attached hydrogen (secondary N) is 1. The van der Waals surface area contributed by atoms with E-state index in [0.717, 1.165) is 0 Å². The number of nitrogens with zero attached hydrogens (tertiary/aromatic N) is 4. The van der Waals surface area contributed by atoms with Crippen LogP contribution in [-0.2, 0) is 14.3 Å². The van der Waals surface area contributed by atoms with Crippen molar-refractivity contribution in [1.82, 2.24) is 15.0 Å². The predicted molar refractivity (Wildman–Crippen MR) is 124 cm³/mol. The number of ketones is 1. The first-order valence-electron chi connectivity index (χ1n) is 10.4. The minimum atomic E-state index is -0.621. The molecule has 1 N–H and O–H groups in total. The fourth-order valence-corrected chi connectivity index (χ4v) is 3.58. The smallest absolute Gasteiger partial charge is 0.313 e. The lowest BCUT2D eigenvalue weighted by Gasteiger charge is -2.29. The Morgan fingerprint density at radius 1 is 1.21 bits per heavy atom. The molecule has 34 heavy (non-hydrogen) atoms. The molecule has 2 aromatic heterocycles. The first-order valence-corrected chi connectivity index (χ1v) is 10.8. The number of anilines is 3. The van der Waals surface area contributed by atoms with Gasteiger partial charge in [-0.25, -0.2) is 9.37 Å². The van der Waals surface area contributed by atoms with Crippen molar-refractivity contribution in [3.8, 4) is 11.1 Å². The van der Waals surface area contributed by atoms with Gasteiger partial charge >= 0.3 is 5.97 Å². The highest BCUT2D eigenvalue weighted by atomic mass is 35.5. The summed E-state index contributed by atoms with van der Waals surface area (Å²) >= 11 is 5.88. The number of halogens is 2. The third-order valence-electron chi connectivity index (χ3n) is 5.16. The Bertz CT molecular complexity index is 1220. The van der Waals surface area contributed by atoms with Crippen LogP contribution < -0.4 is 10.2 Å². The molecule has 0 aliphatic carbocycles. The second-order valence-corrected chi connectivity index (χ2v) is 7.83. The maximum absolute atomic E-state index is 13.5. The van der Waals surface area contributed by atoms with Crippen molar-refractivity contribution in [2.45, 2.75) is 6.42 Å². The summed E-state index contributed by atoms with van der Waals surface area (Å²) in [7, 11) is 1.23. The molecule has 1 aromatic carbocycles. The summed E-state index contributed by atoms with van der Waals surface area (Å²) in [6.45, 7) is 2.30. The van der Waals surface area contributed by atoms with Gasteiger partial charge in [0.2, 0.25) is 5.95 Å². The van der Waals surface area contributed by atoms with Crippen molar-refractivity contribution in [2.24, 2.45) is 0 Å². The fourth-order valence-electron chi connectivity index (χ4n) is 3.40. The van der Waals surface area contributed by atoms with Gasteiger partial charge < -0.3 is 19.7 Å². The number of morpholine rings is 1. The van der Waals surface area contributed by atoms with E-state index >= 15 is 0 Å². The lowest BCUT2D eigenvalue weighted by molar-refractivity contribution is -0.139. The summed E-state index contributed by atoms with van der Waals surface area (Å²) in [4.78, 5) is 39.2. The fraction of sp³-hybridized carbons (Fsp3) is 0.261. The number of aromatic nitrogens is 3. The van der Waals surface area contributed by atoms with Crippen LogP contribution in [0.2, 0.25) is 5.02 Å². The first kappa shape index (κ1) is 23.5. The molecule has 0 spiro atoms. The molecular weight excluding hydrogens is 465 g/mol. The van der Waals surface area contributed by atoms with E-state index in [0.29, 0.717) is 54.9 Å². The van der Waals surface area contributed by atoms with Crippen LogP contribution in [0.1, 0.15) is 16.8 Å². The van der Waals surface area contributed by atoms with Crippen LogP contribution in [0.25, 0.3) is 11.1 Å². The van der Waals surface area contributed by atoms with Crippen LogP contribution in [0.5, 0.6) is 0 Å². The van der Waals surface area contributed by atoms with Gasteiger partial charge in [-0.2, -0.15) is 4.98 Å². The van der Waals surface area contributed by atoms with Crippen molar-refractivity contribution in [3.63, 3.8) is 0 Å². The molecule has 11 heteroatoms.